The molecule has 6 nitrogen and oxygen atoms in total. The SMILES string of the molecule is COC(=O)C1C2CN(C3CCC34CC(NC(=O)OC(C)(C)C)C4)CC21. The first-order valence-electron chi connectivity index (χ1n) is 9.54. The van der Waals surface area contributed by atoms with E-state index in [1.807, 2.05) is 20.8 Å². The smallest absolute Gasteiger partial charge is 0.407 e. The van der Waals surface area contributed by atoms with Gasteiger partial charge in [0.2, 0.25) is 0 Å². The minimum Gasteiger partial charge on any atom is -0.469 e. The third-order valence-corrected chi connectivity index (χ3v) is 6.79. The van der Waals surface area contributed by atoms with Gasteiger partial charge in [0, 0.05) is 25.2 Å². The molecule has 1 N–H and O–H groups in total. The van der Waals surface area contributed by atoms with Crippen LogP contribution in [0.1, 0.15) is 46.5 Å². The van der Waals surface area contributed by atoms with Crippen LogP contribution in [-0.2, 0) is 14.3 Å². The topological polar surface area (TPSA) is 67.9 Å². The Labute approximate surface area is 149 Å². The monoisotopic (exact) mass is 350 g/mol. The number of nitrogens with one attached hydrogen (secondary N) is 1. The van der Waals surface area contributed by atoms with Crippen molar-refractivity contribution in [1.82, 2.24) is 10.2 Å². The van der Waals surface area contributed by atoms with Gasteiger partial charge in [-0.1, -0.05) is 0 Å². The van der Waals surface area contributed by atoms with Crippen LogP contribution in [0.2, 0.25) is 0 Å². The van der Waals surface area contributed by atoms with E-state index >= 15 is 0 Å². The Morgan fingerprint density at radius 3 is 2.28 bits per heavy atom. The summed E-state index contributed by atoms with van der Waals surface area (Å²) in [6.07, 6.45) is 4.33. The molecular weight excluding hydrogens is 320 g/mol. The van der Waals surface area contributed by atoms with Crippen molar-refractivity contribution >= 4 is 12.1 Å². The summed E-state index contributed by atoms with van der Waals surface area (Å²) in [5, 5.41) is 3.01. The number of carbonyl (C=O) groups excluding carboxylic acids is 2. The second-order valence-electron chi connectivity index (χ2n) is 9.50. The molecule has 140 valence electrons. The number of fused-ring (bicyclic) bond motifs is 1. The maximum Gasteiger partial charge on any atom is 0.407 e. The highest BCUT2D eigenvalue weighted by Crippen LogP contribution is 2.61. The Bertz CT molecular complexity index is 566. The van der Waals surface area contributed by atoms with Gasteiger partial charge in [0.1, 0.15) is 5.60 Å². The average Bonchev–Trinajstić information content (AvgIpc) is 2.94. The van der Waals surface area contributed by atoms with Crippen molar-refractivity contribution in [2.75, 3.05) is 20.2 Å². The van der Waals surface area contributed by atoms with E-state index in [1.54, 1.807) is 0 Å². The Kier molecular flexibility index (Phi) is 3.84. The molecular formula is C19H30N2O4. The standard InChI is InChI=1S/C19H30N2O4/c1-18(2,3)25-17(23)20-11-7-19(8-11)6-5-14(19)21-9-12-13(10-21)15(12)16(22)24-4/h11-15H,5-10H2,1-4H3,(H,20,23). The van der Waals surface area contributed by atoms with Crippen LogP contribution < -0.4 is 5.32 Å². The Hall–Kier alpha value is -1.30. The van der Waals surface area contributed by atoms with Crippen LogP contribution >= 0.6 is 0 Å². The maximum atomic E-state index is 11.9. The first-order valence-corrected chi connectivity index (χ1v) is 9.54. The zero-order valence-corrected chi connectivity index (χ0v) is 15.7. The number of hydrogen-bond acceptors (Lipinski definition) is 5. The minimum atomic E-state index is -0.447. The van der Waals surface area contributed by atoms with Crippen LogP contribution in [0.4, 0.5) is 4.79 Å². The molecule has 0 radical (unpaired) electrons. The number of likely N-dealkylation sites (tertiary alicyclic amines) is 1. The number of ether oxygens (including phenoxy) is 2. The molecule has 3 aliphatic carbocycles. The molecule has 1 spiro atoms. The summed E-state index contributed by atoms with van der Waals surface area (Å²) in [7, 11) is 1.49. The molecule has 3 saturated carbocycles. The van der Waals surface area contributed by atoms with Gasteiger partial charge in [-0.05, 0) is 63.7 Å². The number of rotatable bonds is 3. The lowest BCUT2D eigenvalue weighted by atomic mass is 9.50. The first-order chi connectivity index (χ1) is 11.7. The summed E-state index contributed by atoms with van der Waals surface area (Å²) in [5.41, 5.74) is -0.0610. The Morgan fingerprint density at radius 2 is 1.80 bits per heavy atom. The van der Waals surface area contributed by atoms with Gasteiger partial charge in [-0.25, -0.2) is 4.79 Å². The van der Waals surface area contributed by atoms with Gasteiger partial charge in [-0.2, -0.15) is 0 Å². The summed E-state index contributed by atoms with van der Waals surface area (Å²) in [5.74, 6) is 1.16. The van der Waals surface area contributed by atoms with Crippen molar-refractivity contribution in [3.05, 3.63) is 0 Å². The van der Waals surface area contributed by atoms with E-state index in [4.69, 9.17) is 9.47 Å². The van der Waals surface area contributed by atoms with Crippen molar-refractivity contribution in [2.45, 2.75) is 64.1 Å². The molecule has 0 aromatic heterocycles. The molecule has 0 bridgehead atoms. The fourth-order valence-electron chi connectivity index (χ4n) is 5.52. The Morgan fingerprint density at radius 1 is 1.16 bits per heavy atom. The van der Waals surface area contributed by atoms with E-state index in [-0.39, 0.29) is 24.0 Å². The lowest BCUT2D eigenvalue weighted by molar-refractivity contribution is -0.144. The average molecular weight is 350 g/mol. The molecule has 4 fully saturated rings. The fourth-order valence-corrected chi connectivity index (χ4v) is 5.52. The summed E-state index contributed by atoms with van der Waals surface area (Å²) in [6, 6.07) is 0.882. The van der Waals surface area contributed by atoms with Gasteiger partial charge in [0.25, 0.3) is 0 Å². The van der Waals surface area contributed by atoms with Gasteiger partial charge < -0.3 is 14.8 Å². The molecule has 1 heterocycles. The number of piperidine rings is 1. The Balaban J connectivity index is 1.24. The van der Waals surface area contributed by atoms with Gasteiger partial charge in [0.15, 0.2) is 0 Å². The number of carbonyl (C=O) groups is 2. The van der Waals surface area contributed by atoms with Crippen LogP contribution in [0, 0.1) is 23.2 Å². The fraction of sp³-hybridized carbons (Fsp3) is 0.895. The highest BCUT2D eigenvalue weighted by atomic mass is 16.6. The number of methoxy groups -OCH3 is 1. The van der Waals surface area contributed by atoms with Crippen molar-refractivity contribution in [1.29, 1.82) is 0 Å². The molecule has 1 aliphatic heterocycles. The predicted octanol–water partition coefficient (Wildman–Crippen LogP) is 2.17. The van der Waals surface area contributed by atoms with Gasteiger partial charge >= 0.3 is 12.1 Å². The van der Waals surface area contributed by atoms with Gasteiger partial charge in [0.05, 0.1) is 13.0 Å². The van der Waals surface area contributed by atoms with Crippen molar-refractivity contribution in [3.8, 4) is 0 Å². The largest absolute Gasteiger partial charge is 0.469 e. The van der Waals surface area contributed by atoms with E-state index in [1.165, 1.54) is 20.0 Å². The van der Waals surface area contributed by atoms with Crippen LogP contribution in [0.15, 0.2) is 0 Å². The third-order valence-electron chi connectivity index (χ3n) is 6.79. The molecule has 0 aromatic rings. The highest BCUT2D eigenvalue weighted by molar-refractivity contribution is 5.76. The maximum absolute atomic E-state index is 11.9. The summed E-state index contributed by atoms with van der Waals surface area (Å²) in [6.45, 7) is 7.74. The number of nitrogens with zero attached hydrogens (tertiary/aromatic N) is 1. The summed E-state index contributed by atoms with van der Waals surface area (Å²) in [4.78, 5) is 26.2. The van der Waals surface area contributed by atoms with E-state index in [0.29, 0.717) is 23.3 Å². The summed E-state index contributed by atoms with van der Waals surface area (Å²) >= 11 is 0. The zero-order valence-electron chi connectivity index (χ0n) is 15.7. The van der Waals surface area contributed by atoms with Crippen LogP contribution in [-0.4, -0.2) is 54.8 Å². The number of amides is 1. The van der Waals surface area contributed by atoms with E-state index < -0.39 is 5.60 Å². The lowest BCUT2D eigenvalue weighted by Crippen LogP contribution is -2.65. The molecule has 4 aliphatic rings. The minimum absolute atomic E-state index is 0.0248. The first kappa shape index (κ1) is 17.1. The number of alkyl carbamates (subject to hydrolysis) is 1. The van der Waals surface area contributed by atoms with Crippen molar-refractivity contribution in [3.63, 3.8) is 0 Å². The van der Waals surface area contributed by atoms with Crippen LogP contribution in [0.25, 0.3) is 0 Å². The van der Waals surface area contributed by atoms with Crippen LogP contribution in [0.5, 0.6) is 0 Å². The normalized spacial score (nSPS) is 42.2. The molecule has 1 amide bonds. The molecule has 6 heteroatoms. The van der Waals surface area contributed by atoms with Crippen molar-refractivity contribution in [2.24, 2.45) is 23.2 Å². The van der Waals surface area contributed by atoms with Gasteiger partial charge in [-0.3, -0.25) is 9.69 Å². The van der Waals surface area contributed by atoms with E-state index in [2.05, 4.69) is 10.2 Å². The van der Waals surface area contributed by atoms with Crippen LogP contribution in [0.3, 0.4) is 0 Å². The quantitative estimate of drug-likeness (QED) is 0.790. The molecule has 0 aromatic carbocycles. The third kappa shape index (κ3) is 2.92. The molecule has 3 unspecified atom stereocenters. The second-order valence-corrected chi connectivity index (χ2v) is 9.50. The second kappa shape index (κ2) is 5.60. The molecule has 3 atom stereocenters. The number of hydrogen-bond donors (Lipinski definition) is 1. The molecule has 4 rings (SSSR count). The zero-order chi connectivity index (χ0) is 18.0. The highest BCUT2D eigenvalue weighted by Gasteiger charge is 2.65. The van der Waals surface area contributed by atoms with E-state index in [9.17, 15) is 9.59 Å². The predicted molar refractivity (Wildman–Crippen MR) is 91.9 cm³/mol. The number of esters is 1. The van der Waals surface area contributed by atoms with Gasteiger partial charge in [-0.15, -0.1) is 0 Å². The summed E-state index contributed by atoms with van der Waals surface area (Å²) < 4.78 is 10.2. The van der Waals surface area contributed by atoms with E-state index in [0.717, 1.165) is 25.9 Å². The lowest BCUT2D eigenvalue weighted by Gasteiger charge is -2.62. The molecule has 25 heavy (non-hydrogen) atoms. The van der Waals surface area contributed by atoms with Crippen molar-refractivity contribution < 1.29 is 19.1 Å². The molecule has 1 saturated heterocycles.